The first-order valence-corrected chi connectivity index (χ1v) is 3.44. The maximum atomic E-state index is 4.18. The zero-order valence-corrected chi connectivity index (χ0v) is 6.36. The van der Waals surface area contributed by atoms with E-state index in [4.69, 9.17) is 0 Å². The van der Waals surface area contributed by atoms with Gasteiger partial charge < -0.3 is 0 Å². The zero-order valence-electron chi connectivity index (χ0n) is 6.36. The van der Waals surface area contributed by atoms with Crippen molar-refractivity contribution in [2.45, 2.75) is 0 Å². The van der Waals surface area contributed by atoms with Gasteiger partial charge in [0.15, 0.2) is 6.72 Å². The molecule has 0 radical (unpaired) electrons. The SMILES string of the molecule is C=[N+]1[N-]c2ccccc2N1C. The van der Waals surface area contributed by atoms with Crippen LogP contribution in [0.15, 0.2) is 24.3 Å². The molecule has 0 aliphatic carbocycles. The predicted molar refractivity (Wildman–Crippen MR) is 45.2 cm³/mol. The van der Waals surface area contributed by atoms with E-state index in [2.05, 4.69) is 12.1 Å². The Hall–Kier alpha value is -1.51. The van der Waals surface area contributed by atoms with Crippen molar-refractivity contribution in [1.29, 1.82) is 0 Å². The summed E-state index contributed by atoms with van der Waals surface area (Å²) in [5.74, 6) is 0. The van der Waals surface area contributed by atoms with Crippen molar-refractivity contribution < 1.29 is 4.79 Å². The molecule has 1 aromatic carbocycles. The summed E-state index contributed by atoms with van der Waals surface area (Å²) in [6, 6.07) is 7.94. The van der Waals surface area contributed by atoms with E-state index in [1.165, 1.54) is 0 Å². The van der Waals surface area contributed by atoms with E-state index in [0.717, 1.165) is 11.4 Å². The minimum atomic E-state index is 0.977. The van der Waals surface area contributed by atoms with Crippen molar-refractivity contribution in [2.24, 2.45) is 0 Å². The van der Waals surface area contributed by atoms with Crippen LogP contribution in [0.4, 0.5) is 11.4 Å². The average molecular weight is 147 g/mol. The van der Waals surface area contributed by atoms with Crippen molar-refractivity contribution in [2.75, 3.05) is 12.1 Å². The number of para-hydroxylation sites is 1. The Bertz CT molecular complexity index is 306. The molecule has 0 saturated carbocycles. The Balaban J connectivity index is 2.55. The van der Waals surface area contributed by atoms with E-state index < -0.39 is 0 Å². The normalized spacial score (nSPS) is 14.6. The van der Waals surface area contributed by atoms with Crippen molar-refractivity contribution in [1.82, 2.24) is 0 Å². The third kappa shape index (κ3) is 0.774. The van der Waals surface area contributed by atoms with Gasteiger partial charge in [-0.25, -0.2) is 5.01 Å². The number of hydrazone groups is 1. The molecule has 3 nitrogen and oxygen atoms in total. The van der Waals surface area contributed by atoms with Gasteiger partial charge in [-0.1, -0.05) is 24.3 Å². The molecule has 11 heavy (non-hydrogen) atoms. The molecular weight excluding hydrogens is 138 g/mol. The summed E-state index contributed by atoms with van der Waals surface area (Å²) in [4.78, 5) is 1.57. The quantitative estimate of drug-likeness (QED) is 0.511. The molecule has 0 bridgehead atoms. The fourth-order valence-corrected chi connectivity index (χ4v) is 1.14. The molecule has 0 unspecified atom stereocenters. The van der Waals surface area contributed by atoms with Crippen LogP contribution < -0.4 is 5.01 Å². The number of nitrogens with zero attached hydrogens (tertiary/aromatic N) is 3. The molecule has 1 heterocycles. The van der Waals surface area contributed by atoms with Gasteiger partial charge in [0, 0.05) is 11.4 Å². The van der Waals surface area contributed by atoms with E-state index in [9.17, 15) is 0 Å². The molecule has 0 spiro atoms. The predicted octanol–water partition coefficient (Wildman–Crippen LogP) is 1.68. The molecule has 1 aliphatic heterocycles. The van der Waals surface area contributed by atoms with Crippen LogP contribution in [-0.4, -0.2) is 18.6 Å². The average Bonchev–Trinajstić information content (AvgIpc) is 2.30. The van der Waals surface area contributed by atoms with Crippen LogP contribution in [0.3, 0.4) is 0 Å². The van der Waals surface area contributed by atoms with Crippen LogP contribution in [0.2, 0.25) is 0 Å². The third-order valence-electron chi connectivity index (χ3n) is 1.80. The van der Waals surface area contributed by atoms with Crippen LogP contribution in [0.25, 0.3) is 5.43 Å². The van der Waals surface area contributed by atoms with Gasteiger partial charge in [0.1, 0.15) is 0 Å². The first kappa shape index (κ1) is 6.22. The number of hydrazine groups is 1. The van der Waals surface area contributed by atoms with Crippen LogP contribution in [0.5, 0.6) is 0 Å². The molecule has 0 saturated heterocycles. The highest BCUT2D eigenvalue weighted by atomic mass is 15.8. The van der Waals surface area contributed by atoms with Gasteiger partial charge in [-0.15, -0.1) is 4.79 Å². The third-order valence-corrected chi connectivity index (χ3v) is 1.80. The van der Waals surface area contributed by atoms with Crippen molar-refractivity contribution in [3.05, 3.63) is 29.7 Å². The second-order valence-corrected chi connectivity index (χ2v) is 2.48. The molecule has 3 heteroatoms. The summed E-state index contributed by atoms with van der Waals surface area (Å²) >= 11 is 0. The summed E-state index contributed by atoms with van der Waals surface area (Å²) in [7, 11) is 1.93. The van der Waals surface area contributed by atoms with Gasteiger partial charge in [-0.3, -0.25) is 0 Å². The van der Waals surface area contributed by atoms with E-state index in [-0.39, 0.29) is 0 Å². The Morgan fingerprint density at radius 3 is 2.91 bits per heavy atom. The molecule has 1 aromatic rings. The molecule has 1 aliphatic rings. The Morgan fingerprint density at radius 2 is 2.18 bits per heavy atom. The Kier molecular flexibility index (Phi) is 1.12. The van der Waals surface area contributed by atoms with Crippen molar-refractivity contribution >= 4 is 18.1 Å². The lowest BCUT2D eigenvalue weighted by Gasteiger charge is -2.11. The fraction of sp³-hybridized carbons (Fsp3) is 0.125. The summed E-state index contributed by atoms with van der Waals surface area (Å²) < 4.78 is 0. The monoisotopic (exact) mass is 147 g/mol. The molecule has 0 N–H and O–H groups in total. The number of hydrogen-bond acceptors (Lipinski definition) is 1. The number of hydrogen-bond donors (Lipinski definition) is 0. The molecular formula is C8H9N3. The lowest BCUT2D eigenvalue weighted by Crippen LogP contribution is -2.20. The highest BCUT2D eigenvalue weighted by Gasteiger charge is 2.14. The highest BCUT2D eigenvalue weighted by molar-refractivity contribution is 5.72. The standard InChI is InChI=1S/C8H9N3/c1-10-8-6-4-3-5-7(8)9-11(10)2/h3-6H,2H2,1H3. The Labute approximate surface area is 65.5 Å². The minimum absolute atomic E-state index is 0.977. The van der Waals surface area contributed by atoms with Gasteiger partial charge in [-0.2, -0.15) is 5.43 Å². The van der Waals surface area contributed by atoms with Gasteiger partial charge in [0.05, 0.1) is 0 Å². The molecule has 0 atom stereocenters. The summed E-state index contributed by atoms with van der Waals surface area (Å²) in [5, 5.41) is 1.90. The van der Waals surface area contributed by atoms with Crippen molar-refractivity contribution in [3.63, 3.8) is 0 Å². The van der Waals surface area contributed by atoms with Crippen LogP contribution in [-0.2, 0) is 0 Å². The van der Waals surface area contributed by atoms with Crippen LogP contribution in [0, 0.1) is 0 Å². The second-order valence-electron chi connectivity index (χ2n) is 2.48. The van der Waals surface area contributed by atoms with E-state index in [1.54, 1.807) is 4.79 Å². The van der Waals surface area contributed by atoms with Gasteiger partial charge in [-0.05, 0) is 7.05 Å². The number of benzene rings is 1. The second kappa shape index (κ2) is 1.99. The van der Waals surface area contributed by atoms with Gasteiger partial charge >= 0.3 is 0 Å². The molecule has 56 valence electrons. The molecule has 0 fully saturated rings. The number of fused-ring (bicyclic) bond motifs is 1. The fourth-order valence-electron chi connectivity index (χ4n) is 1.14. The van der Waals surface area contributed by atoms with Crippen LogP contribution >= 0.6 is 0 Å². The smallest absolute Gasteiger partial charge is 0.154 e. The highest BCUT2D eigenvalue weighted by Crippen LogP contribution is 2.37. The first-order chi connectivity index (χ1) is 5.29. The van der Waals surface area contributed by atoms with Gasteiger partial charge in [0.25, 0.3) is 0 Å². The number of anilines is 1. The van der Waals surface area contributed by atoms with E-state index >= 15 is 0 Å². The zero-order chi connectivity index (χ0) is 7.84. The van der Waals surface area contributed by atoms with Crippen LogP contribution in [0.1, 0.15) is 0 Å². The first-order valence-electron chi connectivity index (χ1n) is 3.44. The topological polar surface area (TPSA) is 20.4 Å². The summed E-state index contributed by atoms with van der Waals surface area (Å²) in [6.45, 7) is 3.73. The lowest BCUT2D eigenvalue weighted by molar-refractivity contribution is -0.466. The molecule has 0 aromatic heterocycles. The van der Waals surface area contributed by atoms with E-state index in [1.807, 2.05) is 36.3 Å². The van der Waals surface area contributed by atoms with Gasteiger partial charge in [0.2, 0.25) is 0 Å². The summed E-state index contributed by atoms with van der Waals surface area (Å²) in [5.41, 5.74) is 6.26. The Morgan fingerprint density at radius 1 is 1.45 bits per heavy atom. The maximum Gasteiger partial charge on any atom is 0.154 e. The summed E-state index contributed by atoms with van der Waals surface area (Å²) in [6.07, 6.45) is 0. The minimum Gasteiger partial charge on any atom is -0.250 e. The van der Waals surface area contributed by atoms with Crippen molar-refractivity contribution in [3.8, 4) is 0 Å². The van der Waals surface area contributed by atoms with E-state index in [0.29, 0.717) is 0 Å². The molecule has 0 amide bonds. The molecule has 2 rings (SSSR count). The lowest BCUT2D eigenvalue weighted by atomic mass is 10.3. The maximum absolute atomic E-state index is 4.18. The largest absolute Gasteiger partial charge is 0.250 e. The number of rotatable bonds is 0.